The first-order chi connectivity index (χ1) is 9.41. The molecule has 0 unspecified atom stereocenters. The third-order valence-electron chi connectivity index (χ3n) is 3.77. The summed E-state index contributed by atoms with van der Waals surface area (Å²) >= 11 is 6.05. The molecule has 1 aromatic rings. The van der Waals surface area contributed by atoms with E-state index in [1.54, 1.807) is 6.92 Å². The smallest absolute Gasteiger partial charge is 0.211 e. The lowest BCUT2D eigenvalue weighted by molar-refractivity contribution is 0.542. The molecule has 1 aliphatic rings. The van der Waals surface area contributed by atoms with Crippen LogP contribution < -0.4 is 9.62 Å². The number of benzene rings is 1. The van der Waals surface area contributed by atoms with Crippen molar-refractivity contribution >= 4 is 27.3 Å². The molecular weight excluding hydrogens is 296 g/mol. The Bertz CT molecular complexity index is 575. The van der Waals surface area contributed by atoms with E-state index >= 15 is 0 Å². The van der Waals surface area contributed by atoms with Gasteiger partial charge in [-0.3, -0.25) is 0 Å². The Balaban J connectivity index is 1.97. The minimum Gasteiger partial charge on any atom is -0.371 e. The maximum absolute atomic E-state index is 11.5. The van der Waals surface area contributed by atoms with Gasteiger partial charge in [0.1, 0.15) is 0 Å². The van der Waals surface area contributed by atoms with Gasteiger partial charge in [0, 0.05) is 30.3 Å². The highest BCUT2D eigenvalue weighted by Crippen LogP contribution is 2.29. The summed E-state index contributed by atoms with van der Waals surface area (Å²) in [6.45, 7) is 6.05. The van der Waals surface area contributed by atoms with E-state index in [9.17, 15) is 8.42 Å². The molecule has 0 bridgehead atoms. The van der Waals surface area contributed by atoms with E-state index in [0.717, 1.165) is 30.2 Å². The minimum atomic E-state index is -3.09. The number of hydrogen-bond acceptors (Lipinski definition) is 3. The SMILES string of the molecule is CCS(=O)(=O)NC[C@H]1CCN(c2cc(Cl)ccc2C)C1. The van der Waals surface area contributed by atoms with E-state index in [-0.39, 0.29) is 5.75 Å². The Hall–Kier alpha value is -0.780. The molecule has 112 valence electrons. The maximum Gasteiger partial charge on any atom is 0.211 e. The molecule has 0 spiro atoms. The largest absolute Gasteiger partial charge is 0.371 e. The first-order valence-electron chi connectivity index (χ1n) is 6.89. The van der Waals surface area contributed by atoms with Gasteiger partial charge in [-0.05, 0) is 43.9 Å². The molecule has 1 N–H and O–H groups in total. The van der Waals surface area contributed by atoms with Crippen molar-refractivity contribution in [2.75, 3.05) is 30.3 Å². The van der Waals surface area contributed by atoms with Crippen LogP contribution in [0.15, 0.2) is 18.2 Å². The molecule has 1 saturated heterocycles. The van der Waals surface area contributed by atoms with Gasteiger partial charge in [-0.2, -0.15) is 0 Å². The van der Waals surface area contributed by atoms with Gasteiger partial charge in [0.25, 0.3) is 0 Å². The van der Waals surface area contributed by atoms with E-state index in [2.05, 4.69) is 16.5 Å². The number of hydrogen-bond donors (Lipinski definition) is 1. The maximum atomic E-state index is 11.5. The van der Waals surface area contributed by atoms with Crippen LogP contribution in [-0.4, -0.2) is 33.8 Å². The molecule has 1 atom stereocenters. The zero-order valence-corrected chi connectivity index (χ0v) is 13.5. The lowest BCUT2D eigenvalue weighted by atomic mass is 10.1. The summed E-state index contributed by atoms with van der Waals surface area (Å²) in [4.78, 5) is 2.28. The van der Waals surface area contributed by atoms with Crippen molar-refractivity contribution in [2.24, 2.45) is 5.92 Å². The van der Waals surface area contributed by atoms with Crippen molar-refractivity contribution in [3.05, 3.63) is 28.8 Å². The Morgan fingerprint density at radius 3 is 2.90 bits per heavy atom. The number of sulfonamides is 1. The summed E-state index contributed by atoms with van der Waals surface area (Å²) in [6, 6.07) is 5.89. The molecule has 6 heteroatoms. The van der Waals surface area contributed by atoms with Gasteiger partial charge < -0.3 is 4.90 Å². The van der Waals surface area contributed by atoms with Crippen LogP contribution in [-0.2, 0) is 10.0 Å². The molecular formula is C14H21ClN2O2S. The second kappa shape index (κ2) is 6.33. The zero-order valence-electron chi connectivity index (χ0n) is 11.9. The number of anilines is 1. The van der Waals surface area contributed by atoms with Gasteiger partial charge in [-0.1, -0.05) is 17.7 Å². The number of halogens is 1. The van der Waals surface area contributed by atoms with Gasteiger partial charge in [0.05, 0.1) is 5.75 Å². The topological polar surface area (TPSA) is 49.4 Å². The Labute approximate surface area is 126 Å². The predicted octanol–water partition coefficient (Wildman–Crippen LogP) is 2.41. The third kappa shape index (κ3) is 3.87. The van der Waals surface area contributed by atoms with Gasteiger partial charge in [0.15, 0.2) is 0 Å². The number of rotatable bonds is 5. The highest BCUT2D eigenvalue weighted by atomic mass is 35.5. The predicted molar refractivity (Wildman–Crippen MR) is 84.0 cm³/mol. The van der Waals surface area contributed by atoms with Crippen molar-refractivity contribution < 1.29 is 8.42 Å². The average molecular weight is 317 g/mol. The van der Waals surface area contributed by atoms with Crippen LogP contribution in [0.4, 0.5) is 5.69 Å². The molecule has 0 aromatic heterocycles. The lowest BCUT2D eigenvalue weighted by Crippen LogP contribution is -2.32. The summed E-state index contributed by atoms with van der Waals surface area (Å²) in [5.41, 5.74) is 2.35. The lowest BCUT2D eigenvalue weighted by Gasteiger charge is -2.21. The van der Waals surface area contributed by atoms with Crippen LogP contribution in [0.3, 0.4) is 0 Å². The summed E-state index contributed by atoms with van der Waals surface area (Å²) in [5.74, 6) is 0.492. The standard InChI is InChI=1S/C14H21ClN2O2S/c1-3-20(18,19)16-9-12-6-7-17(10-12)14-8-13(15)5-4-11(14)2/h4-5,8,12,16H,3,6-7,9-10H2,1-2H3/t12-/m1/s1. The fourth-order valence-electron chi connectivity index (χ4n) is 2.49. The quantitative estimate of drug-likeness (QED) is 0.907. The second-order valence-corrected chi connectivity index (χ2v) is 7.82. The van der Waals surface area contributed by atoms with Crippen LogP contribution in [0.25, 0.3) is 0 Å². The van der Waals surface area contributed by atoms with Crippen molar-refractivity contribution in [1.82, 2.24) is 4.72 Å². The zero-order chi connectivity index (χ0) is 14.8. The highest BCUT2D eigenvalue weighted by Gasteiger charge is 2.24. The van der Waals surface area contributed by atoms with Crippen LogP contribution in [0.2, 0.25) is 5.02 Å². The second-order valence-electron chi connectivity index (χ2n) is 5.28. The Morgan fingerprint density at radius 1 is 1.45 bits per heavy atom. The van der Waals surface area contributed by atoms with E-state index < -0.39 is 10.0 Å². The molecule has 1 fully saturated rings. The van der Waals surface area contributed by atoms with E-state index in [0.29, 0.717) is 12.5 Å². The minimum absolute atomic E-state index is 0.136. The molecule has 0 amide bonds. The van der Waals surface area contributed by atoms with Crippen molar-refractivity contribution in [2.45, 2.75) is 20.3 Å². The van der Waals surface area contributed by atoms with Gasteiger partial charge in [-0.15, -0.1) is 0 Å². The Morgan fingerprint density at radius 2 is 2.20 bits per heavy atom. The number of nitrogens with zero attached hydrogens (tertiary/aromatic N) is 1. The molecule has 2 rings (SSSR count). The summed E-state index contributed by atoms with van der Waals surface area (Å²) in [7, 11) is -3.09. The van der Waals surface area contributed by atoms with Crippen molar-refractivity contribution in [3.8, 4) is 0 Å². The summed E-state index contributed by atoms with van der Waals surface area (Å²) in [6.07, 6.45) is 0.998. The van der Waals surface area contributed by atoms with Crippen LogP contribution in [0.5, 0.6) is 0 Å². The van der Waals surface area contributed by atoms with Crippen LogP contribution in [0.1, 0.15) is 18.9 Å². The molecule has 1 heterocycles. The van der Waals surface area contributed by atoms with Crippen molar-refractivity contribution in [3.63, 3.8) is 0 Å². The monoisotopic (exact) mass is 316 g/mol. The van der Waals surface area contributed by atoms with Gasteiger partial charge in [0.2, 0.25) is 10.0 Å². The van der Waals surface area contributed by atoms with Crippen LogP contribution >= 0.6 is 11.6 Å². The molecule has 0 aliphatic carbocycles. The molecule has 4 nitrogen and oxygen atoms in total. The normalized spacial score (nSPS) is 19.6. The third-order valence-corrected chi connectivity index (χ3v) is 5.37. The molecule has 1 aromatic carbocycles. The highest BCUT2D eigenvalue weighted by molar-refractivity contribution is 7.89. The molecule has 0 saturated carbocycles. The first kappa shape index (κ1) is 15.6. The Kier molecular flexibility index (Phi) is 4.94. The van der Waals surface area contributed by atoms with Gasteiger partial charge >= 0.3 is 0 Å². The molecule has 1 aliphatic heterocycles. The van der Waals surface area contributed by atoms with Crippen molar-refractivity contribution in [1.29, 1.82) is 0 Å². The molecule has 0 radical (unpaired) electrons. The average Bonchev–Trinajstić information content (AvgIpc) is 2.88. The summed E-state index contributed by atoms with van der Waals surface area (Å²) in [5, 5.41) is 0.737. The summed E-state index contributed by atoms with van der Waals surface area (Å²) < 4.78 is 25.6. The first-order valence-corrected chi connectivity index (χ1v) is 8.92. The van der Waals surface area contributed by atoms with E-state index in [4.69, 9.17) is 11.6 Å². The molecule has 20 heavy (non-hydrogen) atoms. The van der Waals surface area contributed by atoms with Gasteiger partial charge in [-0.25, -0.2) is 13.1 Å². The fraction of sp³-hybridized carbons (Fsp3) is 0.571. The fourth-order valence-corrected chi connectivity index (χ4v) is 3.35. The van der Waals surface area contributed by atoms with E-state index in [1.165, 1.54) is 5.56 Å². The van der Waals surface area contributed by atoms with E-state index in [1.807, 2.05) is 18.2 Å². The van der Waals surface area contributed by atoms with Crippen LogP contribution in [0, 0.1) is 12.8 Å². The number of aryl methyl sites for hydroxylation is 1. The number of nitrogens with one attached hydrogen (secondary N) is 1.